The Labute approximate surface area is 193 Å². The first-order valence-corrected chi connectivity index (χ1v) is 11.4. The molecule has 0 amide bonds. The third-order valence-electron chi connectivity index (χ3n) is 3.29. The molecule has 8 N–H and O–H groups in total. The van der Waals surface area contributed by atoms with Gasteiger partial charge in [0.15, 0.2) is 0 Å². The first kappa shape index (κ1) is 41.0. The van der Waals surface area contributed by atoms with Gasteiger partial charge in [0.1, 0.15) is 0 Å². The number of carboxylic acids is 2. The van der Waals surface area contributed by atoms with Crippen molar-refractivity contribution in [3.63, 3.8) is 0 Å². The van der Waals surface area contributed by atoms with Gasteiger partial charge in [-0.2, -0.15) is 0 Å². The maximum Gasteiger partial charge on any atom is 0.303 e. The van der Waals surface area contributed by atoms with Crippen molar-refractivity contribution in [3.8, 4) is 0 Å². The Morgan fingerprint density at radius 3 is 0.812 bits per heavy atom. The molecule has 0 saturated heterocycles. The highest BCUT2D eigenvalue weighted by atomic mass is 16.4. The zero-order valence-electron chi connectivity index (χ0n) is 20.1. The summed E-state index contributed by atoms with van der Waals surface area (Å²) in [5.74, 6) is -1.34. The third kappa shape index (κ3) is 89.3. The lowest BCUT2D eigenvalue weighted by Crippen LogP contribution is -1.93. The topological polar surface area (TPSA) is 196 Å². The molecule has 198 valence electrons. The van der Waals surface area contributed by atoms with E-state index in [1.807, 2.05) is 0 Å². The predicted octanol–water partition coefficient (Wildman–Crippen LogP) is 1.78. The minimum Gasteiger partial charge on any atom is -0.481 e. The minimum atomic E-state index is -0.670. The van der Waals surface area contributed by atoms with Crippen molar-refractivity contribution in [2.45, 2.75) is 90.9 Å². The molecule has 0 rings (SSSR count). The third-order valence-corrected chi connectivity index (χ3v) is 3.29. The summed E-state index contributed by atoms with van der Waals surface area (Å²) in [6, 6.07) is 0. The van der Waals surface area contributed by atoms with Crippen molar-refractivity contribution in [1.82, 2.24) is 0 Å². The van der Waals surface area contributed by atoms with Gasteiger partial charge in [0, 0.05) is 12.8 Å². The van der Waals surface area contributed by atoms with Crippen LogP contribution in [-0.2, 0) is 9.59 Å². The Morgan fingerprint density at radius 1 is 0.438 bits per heavy atom. The lowest BCUT2D eigenvalue weighted by molar-refractivity contribution is -0.138. The number of carbonyl (C=O) groups is 2. The van der Waals surface area contributed by atoms with Gasteiger partial charge in [-0.25, -0.2) is 0 Å². The van der Waals surface area contributed by atoms with Crippen molar-refractivity contribution in [3.05, 3.63) is 0 Å². The number of aliphatic hydroxyl groups excluding tert-OH is 6. The van der Waals surface area contributed by atoms with E-state index in [2.05, 4.69) is 13.8 Å². The molecule has 0 spiro atoms. The van der Waals surface area contributed by atoms with Crippen LogP contribution in [0, 0.1) is 0 Å². The van der Waals surface area contributed by atoms with Crippen LogP contribution >= 0.6 is 0 Å². The fourth-order valence-electron chi connectivity index (χ4n) is 1.76. The Balaban J connectivity index is -0.000000103. The number of rotatable bonds is 15. The Kier molecular flexibility index (Phi) is 60.8. The van der Waals surface area contributed by atoms with Gasteiger partial charge in [-0.05, 0) is 12.8 Å². The van der Waals surface area contributed by atoms with E-state index >= 15 is 0 Å². The van der Waals surface area contributed by atoms with Gasteiger partial charge < -0.3 is 40.9 Å². The molecule has 0 unspecified atom stereocenters. The van der Waals surface area contributed by atoms with Crippen LogP contribution < -0.4 is 0 Å². The SMILES string of the molecule is CCCCCCCC(=O)O.CCCCCCCC(=O)O.OCCO.OCCO.OCCO. The van der Waals surface area contributed by atoms with Crippen LogP contribution in [0.25, 0.3) is 0 Å². The van der Waals surface area contributed by atoms with E-state index < -0.39 is 11.9 Å². The van der Waals surface area contributed by atoms with Crippen LogP contribution in [0.15, 0.2) is 0 Å². The lowest BCUT2D eigenvalue weighted by Gasteiger charge is -1.95. The largest absolute Gasteiger partial charge is 0.481 e. The normalized spacial score (nSPS) is 8.88. The maximum atomic E-state index is 10.0. The molecular weight excluding hydrogens is 424 g/mol. The number of aliphatic carboxylic acids is 2. The molecule has 0 saturated carbocycles. The first-order chi connectivity index (χ1) is 15.3. The van der Waals surface area contributed by atoms with Gasteiger partial charge >= 0.3 is 11.9 Å². The van der Waals surface area contributed by atoms with Gasteiger partial charge in [-0.3, -0.25) is 9.59 Å². The van der Waals surface area contributed by atoms with Crippen molar-refractivity contribution >= 4 is 11.9 Å². The van der Waals surface area contributed by atoms with E-state index in [1.54, 1.807) is 0 Å². The van der Waals surface area contributed by atoms with Crippen LogP contribution in [0.2, 0.25) is 0 Å². The van der Waals surface area contributed by atoms with E-state index in [1.165, 1.54) is 38.5 Å². The summed E-state index contributed by atoms with van der Waals surface area (Å²) in [6.07, 6.45) is 11.8. The number of hydrogen-bond acceptors (Lipinski definition) is 8. The Bertz CT molecular complexity index is 276. The van der Waals surface area contributed by atoms with Gasteiger partial charge in [-0.1, -0.05) is 65.2 Å². The fraction of sp³-hybridized carbons (Fsp3) is 0.909. The van der Waals surface area contributed by atoms with Crippen molar-refractivity contribution in [1.29, 1.82) is 0 Å². The number of aliphatic hydroxyl groups is 6. The van der Waals surface area contributed by atoms with Gasteiger partial charge in [-0.15, -0.1) is 0 Å². The Morgan fingerprint density at radius 2 is 0.656 bits per heavy atom. The highest BCUT2D eigenvalue weighted by Crippen LogP contribution is 2.04. The average Bonchev–Trinajstić information content (AvgIpc) is 2.79. The molecule has 0 heterocycles. The zero-order chi connectivity index (χ0) is 25.9. The number of unbranched alkanes of at least 4 members (excludes halogenated alkanes) is 8. The molecule has 0 aromatic carbocycles. The van der Waals surface area contributed by atoms with E-state index in [9.17, 15) is 9.59 Å². The molecule has 0 radical (unpaired) electrons. The predicted molar refractivity (Wildman–Crippen MR) is 125 cm³/mol. The molecule has 0 aromatic heterocycles. The summed E-state index contributed by atoms with van der Waals surface area (Å²) in [7, 11) is 0. The molecule has 32 heavy (non-hydrogen) atoms. The molecule has 0 aromatic rings. The molecule has 0 atom stereocenters. The van der Waals surface area contributed by atoms with E-state index in [0.717, 1.165) is 25.7 Å². The van der Waals surface area contributed by atoms with Gasteiger partial charge in [0.2, 0.25) is 0 Å². The summed E-state index contributed by atoms with van der Waals surface area (Å²) < 4.78 is 0. The van der Waals surface area contributed by atoms with Crippen LogP contribution in [0.1, 0.15) is 90.9 Å². The van der Waals surface area contributed by atoms with E-state index in [4.69, 9.17) is 40.9 Å². The van der Waals surface area contributed by atoms with Crippen molar-refractivity contribution < 1.29 is 50.4 Å². The van der Waals surface area contributed by atoms with Gasteiger partial charge in [0.05, 0.1) is 39.6 Å². The molecule has 0 bridgehead atoms. The second-order valence-electron chi connectivity index (χ2n) is 6.46. The maximum absolute atomic E-state index is 10.0. The Hall–Kier alpha value is -1.30. The molecule has 0 aliphatic rings. The van der Waals surface area contributed by atoms with Crippen molar-refractivity contribution in [2.24, 2.45) is 0 Å². The quantitative estimate of drug-likeness (QED) is 0.162. The molecule has 10 nitrogen and oxygen atoms in total. The molecule has 0 aliphatic carbocycles. The average molecular weight is 475 g/mol. The molecule has 10 heteroatoms. The second-order valence-corrected chi connectivity index (χ2v) is 6.46. The van der Waals surface area contributed by atoms with Crippen LogP contribution in [0.3, 0.4) is 0 Å². The monoisotopic (exact) mass is 474 g/mol. The highest BCUT2D eigenvalue weighted by Gasteiger charge is 1.95. The number of carboxylic acid groups (broad SMARTS) is 2. The van der Waals surface area contributed by atoms with Crippen LogP contribution in [0.4, 0.5) is 0 Å². The molecule has 0 aliphatic heterocycles. The minimum absolute atomic E-state index is 0.125. The number of hydrogen-bond donors (Lipinski definition) is 8. The van der Waals surface area contributed by atoms with Crippen LogP contribution in [-0.4, -0.2) is 92.4 Å². The van der Waals surface area contributed by atoms with E-state index in [-0.39, 0.29) is 39.6 Å². The molecular formula is C22H50O10. The zero-order valence-corrected chi connectivity index (χ0v) is 20.1. The lowest BCUT2D eigenvalue weighted by atomic mass is 10.1. The summed E-state index contributed by atoms with van der Waals surface area (Å²) in [4.78, 5) is 20.1. The van der Waals surface area contributed by atoms with Gasteiger partial charge in [0.25, 0.3) is 0 Å². The fourth-order valence-corrected chi connectivity index (χ4v) is 1.76. The first-order valence-electron chi connectivity index (χ1n) is 11.4. The smallest absolute Gasteiger partial charge is 0.303 e. The summed E-state index contributed by atoms with van der Waals surface area (Å²) in [5.41, 5.74) is 0. The summed E-state index contributed by atoms with van der Waals surface area (Å²) >= 11 is 0. The van der Waals surface area contributed by atoms with Crippen molar-refractivity contribution in [2.75, 3.05) is 39.6 Å². The van der Waals surface area contributed by atoms with Crippen LogP contribution in [0.5, 0.6) is 0 Å². The molecule has 0 fully saturated rings. The second kappa shape index (κ2) is 47.5. The summed E-state index contributed by atoms with van der Waals surface area (Å²) in [6.45, 7) is 3.55. The highest BCUT2D eigenvalue weighted by molar-refractivity contribution is 5.66. The standard InChI is InChI=1S/2C8H16O2.3C2H6O2/c2*1-2-3-4-5-6-7-8(9)10;3*3-1-2-4/h2*2-7H2,1H3,(H,9,10);3*3-4H,1-2H2. The summed E-state index contributed by atoms with van der Waals surface area (Å²) in [5, 5.41) is 62.3. The van der Waals surface area contributed by atoms with E-state index in [0.29, 0.717) is 12.8 Å².